The summed E-state index contributed by atoms with van der Waals surface area (Å²) < 4.78 is 2.52. The van der Waals surface area contributed by atoms with E-state index in [2.05, 4.69) is 29.4 Å². The molecule has 0 aliphatic carbocycles. The minimum absolute atomic E-state index is 0.640. The average molecular weight is 296 g/mol. The van der Waals surface area contributed by atoms with Crippen LogP contribution in [0.5, 0.6) is 0 Å². The van der Waals surface area contributed by atoms with E-state index in [1.807, 2.05) is 53.2 Å². The maximum Gasteiger partial charge on any atom is 0.237 e. The second-order valence-corrected chi connectivity index (χ2v) is 5.85. The summed E-state index contributed by atoms with van der Waals surface area (Å²) >= 11 is 6.71. The molecule has 0 atom stereocenters. The highest BCUT2D eigenvalue weighted by molar-refractivity contribution is 7.62. The third kappa shape index (κ3) is 2.92. The zero-order valence-corrected chi connectivity index (χ0v) is 12.3. The second-order valence-electron chi connectivity index (χ2n) is 4.20. The van der Waals surface area contributed by atoms with Crippen LogP contribution in [-0.4, -0.2) is 5.10 Å². The van der Waals surface area contributed by atoms with Crippen LogP contribution in [0.2, 0.25) is 0 Å². The summed E-state index contributed by atoms with van der Waals surface area (Å²) in [6.07, 6.45) is 4.12. The predicted octanol–water partition coefficient (Wildman–Crippen LogP) is 3.50. The summed E-state index contributed by atoms with van der Waals surface area (Å²) in [7, 11) is 0. The molecule has 0 fully saturated rings. The van der Waals surface area contributed by atoms with E-state index in [1.165, 1.54) is 11.3 Å². The molecule has 0 radical (unpaired) electrons. The first-order valence-corrected chi connectivity index (χ1v) is 7.44. The standard InChI is InChI=1S/C16H12N2S2/c19-16-17-18(14-9-5-2-6-10-14)15(20-16)12-11-13-7-3-1-4-8-13/h1-12H/b12-11+. The molecule has 0 bridgehead atoms. The van der Waals surface area contributed by atoms with Gasteiger partial charge in [-0.25, -0.2) is 0 Å². The van der Waals surface area contributed by atoms with Crippen molar-refractivity contribution in [2.75, 3.05) is 0 Å². The Bertz CT molecular complexity index is 719. The Kier molecular flexibility index (Phi) is 3.85. The van der Waals surface area contributed by atoms with Crippen molar-refractivity contribution in [3.8, 4) is 5.69 Å². The zero-order chi connectivity index (χ0) is 13.8. The Labute approximate surface area is 127 Å². The Hall–Kier alpha value is -2.04. The van der Waals surface area contributed by atoms with Crippen molar-refractivity contribution in [3.05, 3.63) is 71.2 Å². The van der Waals surface area contributed by atoms with Crippen LogP contribution in [0.3, 0.4) is 0 Å². The Morgan fingerprint density at radius 3 is 2.25 bits per heavy atom. The highest BCUT2D eigenvalue weighted by Gasteiger charge is 2.12. The molecule has 4 heteroatoms. The van der Waals surface area contributed by atoms with Crippen LogP contribution in [0.15, 0.2) is 65.0 Å². The molecule has 0 spiro atoms. The van der Waals surface area contributed by atoms with Gasteiger partial charge in [0.2, 0.25) is 10.7 Å². The SMILES string of the molecule is [S-]c1n[n+](-c2ccccc2)c(/C=C/c2ccccc2)s1. The van der Waals surface area contributed by atoms with Gasteiger partial charge in [-0.15, -0.1) is 0 Å². The van der Waals surface area contributed by atoms with Crippen molar-refractivity contribution >= 4 is 36.1 Å². The largest absolute Gasteiger partial charge is 0.402 e. The summed E-state index contributed by atoms with van der Waals surface area (Å²) in [5, 5.41) is 5.41. The lowest BCUT2D eigenvalue weighted by Gasteiger charge is -1.93. The lowest BCUT2D eigenvalue weighted by Crippen LogP contribution is -2.35. The molecular weight excluding hydrogens is 284 g/mol. The number of aromatic nitrogens is 2. The molecular formula is C16H12N2S2. The summed E-state index contributed by atoms with van der Waals surface area (Å²) in [6.45, 7) is 0. The zero-order valence-electron chi connectivity index (χ0n) is 10.6. The van der Waals surface area contributed by atoms with Crippen molar-refractivity contribution in [2.24, 2.45) is 0 Å². The van der Waals surface area contributed by atoms with E-state index in [0.29, 0.717) is 4.34 Å². The fraction of sp³-hybridized carbons (Fsp3) is 0. The van der Waals surface area contributed by atoms with Gasteiger partial charge in [-0.3, -0.25) is 11.3 Å². The monoisotopic (exact) mass is 296 g/mol. The van der Waals surface area contributed by atoms with Gasteiger partial charge >= 0.3 is 0 Å². The van der Waals surface area contributed by atoms with Crippen LogP contribution in [-0.2, 0) is 12.6 Å². The molecule has 0 aliphatic rings. The Morgan fingerprint density at radius 2 is 1.55 bits per heavy atom. The van der Waals surface area contributed by atoms with E-state index < -0.39 is 0 Å². The van der Waals surface area contributed by atoms with E-state index in [-0.39, 0.29) is 0 Å². The molecule has 1 heterocycles. The lowest BCUT2D eigenvalue weighted by atomic mass is 10.2. The van der Waals surface area contributed by atoms with E-state index in [4.69, 9.17) is 12.6 Å². The summed E-state index contributed by atoms with van der Waals surface area (Å²) in [5.41, 5.74) is 2.18. The first-order chi connectivity index (χ1) is 9.83. The third-order valence-electron chi connectivity index (χ3n) is 2.80. The minimum atomic E-state index is 0.640. The predicted molar refractivity (Wildman–Crippen MR) is 84.6 cm³/mol. The molecule has 2 nitrogen and oxygen atoms in total. The average Bonchev–Trinajstić information content (AvgIpc) is 2.88. The first kappa shape index (κ1) is 13.0. The van der Waals surface area contributed by atoms with Gasteiger partial charge in [-0.05, 0) is 16.7 Å². The van der Waals surface area contributed by atoms with Crippen molar-refractivity contribution in [1.29, 1.82) is 0 Å². The first-order valence-electron chi connectivity index (χ1n) is 6.22. The maximum atomic E-state index is 5.20. The summed E-state index contributed by atoms with van der Waals surface area (Å²) in [6, 6.07) is 20.2. The van der Waals surface area contributed by atoms with Crippen LogP contribution in [0, 0.1) is 0 Å². The molecule has 3 rings (SSSR count). The molecule has 20 heavy (non-hydrogen) atoms. The summed E-state index contributed by atoms with van der Waals surface area (Å²) in [4.78, 5) is 0. The highest BCUT2D eigenvalue weighted by atomic mass is 32.2. The molecule has 2 aromatic carbocycles. The van der Waals surface area contributed by atoms with Crippen LogP contribution in [0.25, 0.3) is 17.8 Å². The molecule has 1 aromatic heterocycles. The van der Waals surface area contributed by atoms with Crippen LogP contribution in [0.1, 0.15) is 10.6 Å². The van der Waals surface area contributed by atoms with Gasteiger partial charge in [-0.2, -0.15) is 0 Å². The fourth-order valence-electron chi connectivity index (χ4n) is 1.87. The van der Waals surface area contributed by atoms with Gasteiger partial charge in [0.25, 0.3) is 0 Å². The Balaban J connectivity index is 1.97. The number of para-hydroxylation sites is 1. The van der Waals surface area contributed by atoms with Crippen molar-refractivity contribution < 1.29 is 4.68 Å². The topological polar surface area (TPSA) is 16.8 Å². The molecule has 0 aliphatic heterocycles. The minimum Gasteiger partial charge on any atom is -0.402 e. The second kappa shape index (κ2) is 5.94. The van der Waals surface area contributed by atoms with Crippen molar-refractivity contribution in [2.45, 2.75) is 4.34 Å². The van der Waals surface area contributed by atoms with E-state index in [1.54, 1.807) is 0 Å². The third-order valence-corrected chi connectivity index (χ3v) is 3.91. The van der Waals surface area contributed by atoms with Crippen LogP contribution < -0.4 is 4.68 Å². The molecule has 0 amide bonds. The molecule has 98 valence electrons. The molecule has 0 saturated heterocycles. The van der Waals surface area contributed by atoms with E-state index in [9.17, 15) is 0 Å². The van der Waals surface area contributed by atoms with Crippen molar-refractivity contribution in [3.63, 3.8) is 0 Å². The van der Waals surface area contributed by atoms with E-state index >= 15 is 0 Å². The quantitative estimate of drug-likeness (QED) is 0.543. The van der Waals surface area contributed by atoms with Crippen molar-refractivity contribution in [1.82, 2.24) is 5.10 Å². The molecule has 0 N–H and O–H groups in total. The van der Waals surface area contributed by atoms with Crippen LogP contribution >= 0.6 is 11.3 Å². The van der Waals surface area contributed by atoms with Gasteiger partial charge in [-0.1, -0.05) is 53.2 Å². The smallest absolute Gasteiger partial charge is 0.237 e. The molecule has 0 saturated carbocycles. The molecule has 0 unspecified atom stereocenters. The van der Waals surface area contributed by atoms with Gasteiger partial charge < -0.3 is 12.6 Å². The molecule has 3 aromatic rings. The maximum absolute atomic E-state index is 5.20. The number of hydrogen-bond donors (Lipinski definition) is 0. The Morgan fingerprint density at radius 1 is 0.900 bits per heavy atom. The highest BCUT2D eigenvalue weighted by Crippen LogP contribution is 2.14. The number of rotatable bonds is 3. The number of nitrogens with zero attached hydrogens (tertiary/aromatic N) is 2. The number of hydrogen-bond acceptors (Lipinski definition) is 3. The normalized spacial score (nSPS) is 11.0. The summed E-state index contributed by atoms with van der Waals surface area (Å²) in [5.74, 6) is 0. The van der Waals surface area contributed by atoms with Gasteiger partial charge in [0.05, 0.1) is 0 Å². The van der Waals surface area contributed by atoms with Gasteiger partial charge in [0, 0.05) is 22.5 Å². The van der Waals surface area contributed by atoms with Crippen LogP contribution in [0.4, 0.5) is 0 Å². The lowest BCUT2D eigenvalue weighted by molar-refractivity contribution is -0.658. The fourth-order valence-corrected chi connectivity index (χ4v) is 2.88. The van der Waals surface area contributed by atoms with E-state index in [0.717, 1.165) is 16.3 Å². The van der Waals surface area contributed by atoms with Gasteiger partial charge in [0.1, 0.15) is 0 Å². The number of benzene rings is 2. The van der Waals surface area contributed by atoms with Gasteiger partial charge in [0.15, 0.2) is 0 Å².